The number of ketones is 1. The highest BCUT2D eigenvalue weighted by atomic mass is 19.1. The minimum Gasteiger partial charge on any atom is -0.437 e. The van der Waals surface area contributed by atoms with Gasteiger partial charge in [-0.25, -0.2) is 19.3 Å². The summed E-state index contributed by atoms with van der Waals surface area (Å²) in [6.07, 6.45) is 4.24. The van der Waals surface area contributed by atoms with Crippen LogP contribution in [0.4, 0.5) is 16.0 Å². The Kier molecular flexibility index (Phi) is 5.61. The lowest BCUT2D eigenvalue weighted by atomic mass is 9.99. The van der Waals surface area contributed by atoms with Crippen LogP contribution in [0.25, 0.3) is 33.6 Å². The van der Waals surface area contributed by atoms with Crippen LogP contribution in [0.2, 0.25) is 0 Å². The largest absolute Gasteiger partial charge is 0.437 e. The van der Waals surface area contributed by atoms with E-state index < -0.39 is 0 Å². The van der Waals surface area contributed by atoms with Crippen LogP contribution >= 0.6 is 0 Å². The smallest absolute Gasteiger partial charge is 0.232 e. The number of aromatic nitrogens is 3. The summed E-state index contributed by atoms with van der Waals surface area (Å²) in [6.45, 7) is 4.15. The van der Waals surface area contributed by atoms with Gasteiger partial charge in [0.05, 0.1) is 18.6 Å². The first-order valence-corrected chi connectivity index (χ1v) is 11.8. The molecule has 1 aromatic carbocycles. The highest BCUT2D eigenvalue weighted by molar-refractivity contribution is 6.06. The predicted molar refractivity (Wildman–Crippen MR) is 130 cm³/mol. The van der Waals surface area contributed by atoms with E-state index in [0.29, 0.717) is 50.6 Å². The number of morpholine rings is 1. The first-order valence-electron chi connectivity index (χ1n) is 11.8. The summed E-state index contributed by atoms with van der Waals surface area (Å²) in [5.41, 5.74) is 2.81. The van der Waals surface area contributed by atoms with E-state index >= 15 is 0 Å². The molecule has 0 aliphatic carbocycles. The fraction of sp³-hybridized carbons (Fsp3) is 0.308. The molecule has 2 aliphatic heterocycles. The summed E-state index contributed by atoms with van der Waals surface area (Å²) < 4.78 is 25.5. The Balaban J connectivity index is 1.49. The van der Waals surface area contributed by atoms with E-state index in [0.717, 1.165) is 46.8 Å². The lowest BCUT2D eigenvalue weighted by molar-refractivity contribution is -0.119. The Morgan fingerprint density at radius 2 is 1.57 bits per heavy atom. The molecule has 5 heterocycles. The van der Waals surface area contributed by atoms with Gasteiger partial charge in [-0.05, 0) is 29.8 Å². The van der Waals surface area contributed by atoms with Gasteiger partial charge in [0, 0.05) is 56.3 Å². The van der Waals surface area contributed by atoms with Gasteiger partial charge in [0.2, 0.25) is 5.71 Å². The zero-order chi connectivity index (χ0) is 23.8. The summed E-state index contributed by atoms with van der Waals surface area (Å²) in [6, 6.07) is 10.3. The fourth-order valence-electron chi connectivity index (χ4n) is 4.72. The van der Waals surface area contributed by atoms with E-state index in [4.69, 9.17) is 9.15 Å². The molecule has 0 unspecified atom stereocenters. The van der Waals surface area contributed by atoms with Crippen molar-refractivity contribution >= 4 is 28.5 Å². The summed E-state index contributed by atoms with van der Waals surface area (Å²) in [5.74, 6) is 2.14. The molecule has 2 fully saturated rings. The monoisotopic (exact) mass is 473 g/mol. The van der Waals surface area contributed by atoms with Crippen LogP contribution in [0.5, 0.6) is 0 Å². The molecule has 0 amide bonds. The van der Waals surface area contributed by atoms with Crippen LogP contribution in [0.15, 0.2) is 53.3 Å². The number of carbonyl (C=O) groups is 1. The Morgan fingerprint density at radius 1 is 0.829 bits per heavy atom. The number of fused-ring (bicyclic) bond motifs is 1. The van der Waals surface area contributed by atoms with E-state index in [9.17, 15) is 9.18 Å². The van der Waals surface area contributed by atoms with Gasteiger partial charge in [0.1, 0.15) is 35.3 Å². The molecule has 4 aromatic rings. The zero-order valence-electron chi connectivity index (χ0n) is 19.1. The molecule has 8 nitrogen and oxygen atoms in total. The van der Waals surface area contributed by atoms with Crippen LogP contribution in [-0.2, 0) is 9.53 Å². The lowest BCUT2D eigenvalue weighted by Crippen LogP contribution is -2.36. The number of hydrogen-bond acceptors (Lipinski definition) is 8. The van der Waals surface area contributed by atoms with Crippen molar-refractivity contribution in [2.45, 2.75) is 12.8 Å². The second kappa shape index (κ2) is 9.07. The van der Waals surface area contributed by atoms with Crippen molar-refractivity contribution in [1.82, 2.24) is 15.0 Å². The Bertz CT molecular complexity index is 1350. The molecular weight excluding hydrogens is 449 g/mol. The maximum Gasteiger partial charge on any atom is 0.232 e. The van der Waals surface area contributed by atoms with Gasteiger partial charge >= 0.3 is 0 Å². The summed E-state index contributed by atoms with van der Waals surface area (Å²) >= 11 is 0. The first kappa shape index (κ1) is 21.7. The molecule has 9 heteroatoms. The second-order valence-corrected chi connectivity index (χ2v) is 8.72. The maximum atomic E-state index is 13.8. The van der Waals surface area contributed by atoms with Crippen molar-refractivity contribution in [2.24, 2.45) is 0 Å². The van der Waals surface area contributed by atoms with Crippen LogP contribution in [0, 0.1) is 5.82 Å². The topological polar surface area (TPSA) is 84.6 Å². The van der Waals surface area contributed by atoms with Gasteiger partial charge in [0.25, 0.3) is 0 Å². The number of Topliss-reactive ketones (excluding diaryl/α,β-unsaturated/α-hetero) is 1. The van der Waals surface area contributed by atoms with E-state index in [-0.39, 0.29) is 11.6 Å². The van der Waals surface area contributed by atoms with E-state index in [1.807, 2.05) is 12.1 Å². The van der Waals surface area contributed by atoms with Gasteiger partial charge in [0.15, 0.2) is 0 Å². The van der Waals surface area contributed by atoms with Crippen molar-refractivity contribution < 1.29 is 18.3 Å². The highest BCUT2D eigenvalue weighted by Crippen LogP contribution is 2.43. The molecule has 2 aliphatic rings. The van der Waals surface area contributed by atoms with Crippen molar-refractivity contribution in [3.8, 4) is 22.5 Å². The molecule has 2 saturated heterocycles. The number of furan rings is 1. The average Bonchev–Trinajstić information content (AvgIpc) is 3.30. The molecule has 0 spiro atoms. The maximum absolute atomic E-state index is 13.8. The summed E-state index contributed by atoms with van der Waals surface area (Å²) in [5, 5.41) is 0.751. The molecule has 178 valence electrons. The molecule has 35 heavy (non-hydrogen) atoms. The number of halogens is 1. The third kappa shape index (κ3) is 4.12. The van der Waals surface area contributed by atoms with Crippen LogP contribution < -0.4 is 9.80 Å². The van der Waals surface area contributed by atoms with Crippen molar-refractivity contribution in [1.29, 1.82) is 0 Å². The van der Waals surface area contributed by atoms with Crippen molar-refractivity contribution in [3.63, 3.8) is 0 Å². The molecule has 0 saturated carbocycles. The number of carbonyl (C=O) groups excluding carboxylic acids is 1. The number of hydrogen-bond donors (Lipinski definition) is 0. The minimum absolute atomic E-state index is 0.254. The third-order valence-electron chi connectivity index (χ3n) is 6.57. The standard InChI is InChI=1S/C26H24FN5O3/c27-19-4-1-17(2-5-19)22-23-25(32-9-7-20(33)8-10-32)29-16-30-26(23)35-24(22)18-3-6-21(28-15-18)31-11-13-34-14-12-31/h1-6,15-16H,7-14H2. The van der Waals surface area contributed by atoms with Crippen molar-refractivity contribution in [3.05, 3.63) is 54.7 Å². The number of pyridine rings is 1. The first-order chi connectivity index (χ1) is 17.2. The molecule has 0 N–H and O–H groups in total. The Hall–Kier alpha value is -3.85. The minimum atomic E-state index is -0.314. The van der Waals surface area contributed by atoms with Gasteiger partial charge in [-0.3, -0.25) is 4.79 Å². The molecule has 0 atom stereocenters. The van der Waals surface area contributed by atoms with Gasteiger partial charge < -0.3 is 19.0 Å². The fourth-order valence-corrected chi connectivity index (χ4v) is 4.72. The molecule has 0 bridgehead atoms. The van der Waals surface area contributed by atoms with Crippen LogP contribution in [-0.4, -0.2) is 60.1 Å². The number of anilines is 2. The van der Waals surface area contributed by atoms with E-state index in [1.54, 1.807) is 18.3 Å². The zero-order valence-corrected chi connectivity index (χ0v) is 19.1. The number of nitrogens with zero attached hydrogens (tertiary/aromatic N) is 5. The molecule has 3 aromatic heterocycles. The van der Waals surface area contributed by atoms with Crippen LogP contribution in [0.3, 0.4) is 0 Å². The van der Waals surface area contributed by atoms with Crippen LogP contribution in [0.1, 0.15) is 12.8 Å². The normalized spacial score (nSPS) is 16.8. The lowest BCUT2D eigenvalue weighted by Gasteiger charge is -2.27. The Morgan fingerprint density at radius 3 is 2.29 bits per heavy atom. The van der Waals surface area contributed by atoms with Gasteiger partial charge in [-0.15, -0.1) is 0 Å². The molecular formula is C26H24FN5O3. The van der Waals surface area contributed by atoms with Gasteiger partial charge in [-0.1, -0.05) is 12.1 Å². The highest BCUT2D eigenvalue weighted by Gasteiger charge is 2.27. The molecule has 6 rings (SSSR count). The average molecular weight is 474 g/mol. The number of benzene rings is 1. The van der Waals surface area contributed by atoms with Crippen molar-refractivity contribution in [2.75, 3.05) is 49.2 Å². The van der Waals surface area contributed by atoms with E-state index in [2.05, 4.69) is 24.8 Å². The van der Waals surface area contributed by atoms with E-state index in [1.165, 1.54) is 18.5 Å². The number of ether oxygens (including phenoxy) is 1. The number of piperidine rings is 1. The summed E-state index contributed by atoms with van der Waals surface area (Å²) in [7, 11) is 0. The predicted octanol–water partition coefficient (Wildman–Crippen LogP) is 4.10. The van der Waals surface area contributed by atoms with Gasteiger partial charge in [-0.2, -0.15) is 0 Å². The second-order valence-electron chi connectivity index (χ2n) is 8.72. The number of rotatable bonds is 4. The molecule has 0 radical (unpaired) electrons. The SMILES string of the molecule is O=C1CCN(c2ncnc3oc(-c4ccc(N5CCOCC5)nc4)c(-c4ccc(F)cc4)c23)CC1. The quantitative estimate of drug-likeness (QED) is 0.438. The Labute approximate surface area is 201 Å². The third-order valence-corrected chi connectivity index (χ3v) is 6.57. The summed E-state index contributed by atoms with van der Waals surface area (Å²) in [4.78, 5) is 29.8.